The molecule has 2 aromatic carbocycles. The SMILES string of the molecule is Cc1cccc(C2=C(N)OC(c3ccccc3)C2=O)c1. The van der Waals surface area contributed by atoms with Crippen LogP contribution in [0.1, 0.15) is 22.8 Å². The molecule has 0 bridgehead atoms. The molecule has 3 heteroatoms. The lowest BCUT2D eigenvalue weighted by Gasteiger charge is -2.09. The topological polar surface area (TPSA) is 52.3 Å². The van der Waals surface area contributed by atoms with Gasteiger partial charge in [-0.3, -0.25) is 4.79 Å². The molecule has 0 spiro atoms. The molecule has 2 N–H and O–H groups in total. The van der Waals surface area contributed by atoms with Crippen molar-refractivity contribution in [1.82, 2.24) is 0 Å². The van der Waals surface area contributed by atoms with Crippen LogP contribution in [0.3, 0.4) is 0 Å². The number of hydrogen-bond donors (Lipinski definition) is 1. The number of hydrogen-bond acceptors (Lipinski definition) is 3. The van der Waals surface area contributed by atoms with Crippen LogP contribution in [0.2, 0.25) is 0 Å². The highest BCUT2D eigenvalue weighted by Crippen LogP contribution is 2.36. The lowest BCUT2D eigenvalue weighted by atomic mass is 9.96. The first-order chi connectivity index (χ1) is 9.66. The van der Waals surface area contributed by atoms with Crippen molar-refractivity contribution in [2.24, 2.45) is 5.73 Å². The van der Waals surface area contributed by atoms with Crippen molar-refractivity contribution in [3.63, 3.8) is 0 Å². The molecule has 0 aliphatic carbocycles. The molecule has 100 valence electrons. The Labute approximate surface area is 117 Å². The van der Waals surface area contributed by atoms with E-state index in [0.29, 0.717) is 5.57 Å². The number of carbonyl (C=O) groups is 1. The smallest absolute Gasteiger partial charge is 0.213 e. The van der Waals surface area contributed by atoms with E-state index in [2.05, 4.69) is 0 Å². The molecule has 1 heterocycles. The van der Waals surface area contributed by atoms with Crippen molar-refractivity contribution in [1.29, 1.82) is 0 Å². The van der Waals surface area contributed by atoms with Gasteiger partial charge in [0.1, 0.15) is 0 Å². The van der Waals surface area contributed by atoms with Gasteiger partial charge in [0.15, 0.2) is 12.0 Å². The summed E-state index contributed by atoms with van der Waals surface area (Å²) >= 11 is 0. The van der Waals surface area contributed by atoms with E-state index in [0.717, 1.165) is 16.7 Å². The standard InChI is InChI=1S/C17H15NO2/c1-11-6-5-9-13(10-11)14-15(19)16(20-17(14)18)12-7-3-2-4-8-12/h2-10,16H,18H2,1H3. The summed E-state index contributed by atoms with van der Waals surface area (Å²) in [6.45, 7) is 1.98. The van der Waals surface area contributed by atoms with Crippen LogP contribution < -0.4 is 5.73 Å². The van der Waals surface area contributed by atoms with Crippen LogP contribution in [0.25, 0.3) is 5.57 Å². The van der Waals surface area contributed by atoms with E-state index in [4.69, 9.17) is 10.5 Å². The maximum Gasteiger partial charge on any atom is 0.213 e. The van der Waals surface area contributed by atoms with Gasteiger partial charge in [0, 0.05) is 5.56 Å². The van der Waals surface area contributed by atoms with Crippen LogP contribution >= 0.6 is 0 Å². The van der Waals surface area contributed by atoms with E-state index >= 15 is 0 Å². The fraction of sp³-hybridized carbons (Fsp3) is 0.118. The minimum atomic E-state index is -0.633. The zero-order valence-electron chi connectivity index (χ0n) is 11.2. The third-order valence-electron chi connectivity index (χ3n) is 3.38. The van der Waals surface area contributed by atoms with Gasteiger partial charge in [0.05, 0.1) is 5.57 Å². The zero-order chi connectivity index (χ0) is 14.1. The van der Waals surface area contributed by atoms with Gasteiger partial charge in [-0.05, 0) is 12.5 Å². The molecule has 20 heavy (non-hydrogen) atoms. The predicted molar refractivity (Wildman–Crippen MR) is 77.6 cm³/mol. The second-order valence-corrected chi connectivity index (χ2v) is 4.88. The molecule has 0 amide bonds. The Balaban J connectivity index is 1.98. The second-order valence-electron chi connectivity index (χ2n) is 4.88. The van der Waals surface area contributed by atoms with Gasteiger partial charge < -0.3 is 10.5 Å². The van der Waals surface area contributed by atoms with Crippen molar-refractivity contribution in [3.8, 4) is 0 Å². The van der Waals surface area contributed by atoms with Crippen molar-refractivity contribution in [2.45, 2.75) is 13.0 Å². The highest BCUT2D eigenvalue weighted by molar-refractivity contribution is 6.25. The third kappa shape index (κ3) is 2.07. The molecule has 1 atom stereocenters. The summed E-state index contributed by atoms with van der Waals surface area (Å²) in [4.78, 5) is 12.6. The molecule has 0 saturated carbocycles. The molecule has 0 radical (unpaired) electrons. The van der Waals surface area contributed by atoms with E-state index in [1.54, 1.807) is 0 Å². The summed E-state index contributed by atoms with van der Waals surface area (Å²) in [5.41, 5.74) is 9.11. The molecule has 0 aromatic heterocycles. The Morgan fingerprint density at radius 2 is 1.80 bits per heavy atom. The number of nitrogens with two attached hydrogens (primary N) is 1. The van der Waals surface area contributed by atoms with Gasteiger partial charge in [0.2, 0.25) is 5.78 Å². The van der Waals surface area contributed by atoms with Gasteiger partial charge in [-0.25, -0.2) is 0 Å². The number of ketones is 1. The lowest BCUT2D eigenvalue weighted by Crippen LogP contribution is -2.09. The van der Waals surface area contributed by atoms with E-state index < -0.39 is 6.10 Å². The monoisotopic (exact) mass is 265 g/mol. The van der Waals surface area contributed by atoms with Crippen LogP contribution in [-0.2, 0) is 9.53 Å². The third-order valence-corrected chi connectivity index (χ3v) is 3.38. The van der Waals surface area contributed by atoms with Crippen LogP contribution in [0.4, 0.5) is 0 Å². The van der Waals surface area contributed by atoms with Crippen LogP contribution in [-0.4, -0.2) is 5.78 Å². The Hall–Kier alpha value is -2.55. The zero-order valence-corrected chi connectivity index (χ0v) is 11.2. The molecule has 1 unspecified atom stereocenters. The Morgan fingerprint density at radius 1 is 1.05 bits per heavy atom. The molecule has 3 rings (SSSR count). The summed E-state index contributed by atoms with van der Waals surface area (Å²) in [6.07, 6.45) is -0.633. The minimum Gasteiger partial charge on any atom is -0.462 e. The van der Waals surface area contributed by atoms with Gasteiger partial charge in [-0.2, -0.15) is 0 Å². The molecule has 0 saturated heterocycles. The van der Waals surface area contributed by atoms with E-state index in [1.165, 1.54) is 0 Å². The highest BCUT2D eigenvalue weighted by atomic mass is 16.5. The molecule has 0 fully saturated rings. The Bertz CT molecular complexity index is 689. The van der Waals surface area contributed by atoms with E-state index in [9.17, 15) is 4.79 Å². The Kier molecular flexibility index (Phi) is 3.03. The minimum absolute atomic E-state index is 0.0840. The predicted octanol–water partition coefficient (Wildman–Crippen LogP) is 2.96. The van der Waals surface area contributed by atoms with Crippen LogP contribution in [0.15, 0.2) is 60.5 Å². The molecule has 3 nitrogen and oxygen atoms in total. The number of carbonyl (C=O) groups excluding carboxylic acids is 1. The first-order valence-electron chi connectivity index (χ1n) is 6.49. The number of aryl methyl sites for hydroxylation is 1. The van der Waals surface area contributed by atoms with Crippen molar-refractivity contribution in [3.05, 3.63) is 77.2 Å². The maximum absolute atomic E-state index is 12.6. The lowest BCUT2D eigenvalue weighted by molar-refractivity contribution is -0.120. The summed E-state index contributed by atoms with van der Waals surface area (Å²) in [5, 5.41) is 0. The molecular weight excluding hydrogens is 250 g/mol. The van der Waals surface area contributed by atoms with Crippen molar-refractivity contribution in [2.75, 3.05) is 0 Å². The number of ether oxygens (including phenoxy) is 1. The average Bonchev–Trinajstić information content (AvgIpc) is 2.75. The largest absolute Gasteiger partial charge is 0.462 e. The fourth-order valence-electron chi connectivity index (χ4n) is 2.42. The molecule has 1 aliphatic heterocycles. The summed E-state index contributed by atoms with van der Waals surface area (Å²) < 4.78 is 5.57. The highest BCUT2D eigenvalue weighted by Gasteiger charge is 2.35. The maximum atomic E-state index is 12.6. The molecule has 2 aromatic rings. The van der Waals surface area contributed by atoms with Crippen LogP contribution in [0.5, 0.6) is 0 Å². The number of rotatable bonds is 2. The number of benzene rings is 2. The quantitative estimate of drug-likeness (QED) is 0.908. The van der Waals surface area contributed by atoms with Crippen molar-refractivity contribution >= 4 is 11.4 Å². The van der Waals surface area contributed by atoms with Crippen molar-refractivity contribution < 1.29 is 9.53 Å². The summed E-state index contributed by atoms with van der Waals surface area (Å²) in [6, 6.07) is 17.1. The van der Waals surface area contributed by atoms with Gasteiger partial charge in [-0.1, -0.05) is 60.2 Å². The summed E-state index contributed by atoms with van der Waals surface area (Å²) in [5.74, 6) is 0.119. The average molecular weight is 265 g/mol. The van der Waals surface area contributed by atoms with E-state index in [1.807, 2.05) is 61.5 Å². The first kappa shape index (κ1) is 12.5. The normalized spacial score (nSPS) is 18.2. The van der Waals surface area contributed by atoms with Crippen LogP contribution in [0, 0.1) is 6.92 Å². The van der Waals surface area contributed by atoms with Gasteiger partial charge in [-0.15, -0.1) is 0 Å². The summed E-state index contributed by atoms with van der Waals surface area (Å²) in [7, 11) is 0. The first-order valence-corrected chi connectivity index (χ1v) is 6.49. The van der Waals surface area contributed by atoms with Gasteiger partial charge in [0.25, 0.3) is 0 Å². The van der Waals surface area contributed by atoms with E-state index in [-0.39, 0.29) is 11.7 Å². The molecule has 1 aliphatic rings. The van der Waals surface area contributed by atoms with Gasteiger partial charge >= 0.3 is 0 Å². The molecular formula is C17H15NO2. The number of Topliss-reactive ketones (excluding diaryl/α,β-unsaturated/α-hetero) is 1. The fourth-order valence-corrected chi connectivity index (χ4v) is 2.42. The Morgan fingerprint density at radius 3 is 2.50 bits per heavy atom. The second kappa shape index (κ2) is 4.85.